The number of carbonyl (C=O) groups is 1. The summed E-state index contributed by atoms with van der Waals surface area (Å²) in [6.07, 6.45) is 0.985. The quantitative estimate of drug-likeness (QED) is 0.829. The van der Waals surface area contributed by atoms with Gasteiger partial charge in [-0.3, -0.25) is 0 Å². The van der Waals surface area contributed by atoms with Crippen molar-refractivity contribution in [2.75, 3.05) is 0 Å². The van der Waals surface area contributed by atoms with Gasteiger partial charge in [0.15, 0.2) is 0 Å². The Labute approximate surface area is 104 Å². The second-order valence-corrected chi connectivity index (χ2v) is 5.18. The number of benzene rings is 1. The van der Waals surface area contributed by atoms with E-state index in [-0.39, 0.29) is 11.6 Å². The van der Waals surface area contributed by atoms with E-state index in [4.69, 9.17) is 0 Å². The number of amides is 2. The second-order valence-electron chi connectivity index (χ2n) is 5.18. The molecule has 0 heterocycles. The van der Waals surface area contributed by atoms with Gasteiger partial charge < -0.3 is 10.6 Å². The van der Waals surface area contributed by atoms with E-state index in [1.54, 1.807) is 0 Å². The third kappa shape index (κ3) is 4.89. The molecule has 3 heteroatoms. The number of rotatable bonds is 3. The number of hydrogen-bond donors (Lipinski definition) is 2. The fourth-order valence-corrected chi connectivity index (χ4v) is 1.64. The van der Waals surface area contributed by atoms with Crippen molar-refractivity contribution in [2.45, 2.75) is 46.2 Å². The van der Waals surface area contributed by atoms with Crippen molar-refractivity contribution < 1.29 is 4.79 Å². The summed E-state index contributed by atoms with van der Waals surface area (Å²) in [6.45, 7) is 8.59. The molecule has 0 atom stereocenters. The topological polar surface area (TPSA) is 41.1 Å². The first-order chi connectivity index (χ1) is 7.92. The van der Waals surface area contributed by atoms with Crippen LogP contribution in [0.4, 0.5) is 4.79 Å². The van der Waals surface area contributed by atoms with Crippen LogP contribution in [0.25, 0.3) is 0 Å². The van der Waals surface area contributed by atoms with Gasteiger partial charge in [0.25, 0.3) is 0 Å². The molecule has 0 unspecified atom stereocenters. The Balaban J connectivity index is 2.53. The Morgan fingerprint density at radius 3 is 2.29 bits per heavy atom. The highest BCUT2D eigenvalue weighted by Gasteiger charge is 2.13. The SMILES string of the molecule is CCc1ccccc1CNC(=O)NC(C)(C)C. The number of aryl methyl sites for hydroxylation is 1. The molecule has 0 aliphatic heterocycles. The van der Waals surface area contributed by atoms with Crippen LogP contribution >= 0.6 is 0 Å². The molecule has 1 aromatic rings. The Bertz CT molecular complexity index is 380. The first-order valence-corrected chi connectivity index (χ1v) is 6.05. The molecule has 0 fully saturated rings. The maximum Gasteiger partial charge on any atom is 0.315 e. The molecule has 0 radical (unpaired) electrons. The zero-order valence-corrected chi connectivity index (χ0v) is 11.1. The third-order valence-corrected chi connectivity index (χ3v) is 2.43. The van der Waals surface area contributed by atoms with Crippen molar-refractivity contribution in [1.82, 2.24) is 10.6 Å². The summed E-state index contributed by atoms with van der Waals surface area (Å²) in [5.74, 6) is 0. The summed E-state index contributed by atoms with van der Waals surface area (Å²) < 4.78 is 0. The highest BCUT2D eigenvalue weighted by molar-refractivity contribution is 5.74. The molecule has 94 valence electrons. The minimum atomic E-state index is -0.200. The van der Waals surface area contributed by atoms with Crippen molar-refractivity contribution in [3.63, 3.8) is 0 Å². The average Bonchev–Trinajstić information content (AvgIpc) is 2.24. The van der Waals surface area contributed by atoms with Gasteiger partial charge in [0.1, 0.15) is 0 Å². The van der Waals surface area contributed by atoms with Crippen LogP contribution in [0.2, 0.25) is 0 Å². The van der Waals surface area contributed by atoms with Crippen LogP contribution < -0.4 is 10.6 Å². The summed E-state index contributed by atoms with van der Waals surface area (Å²) in [6, 6.07) is 8.05. The molecular formula is C14H22N2O. The molecule has 0 bridgehead atoms. The monoisotopic (exact) mass is 234 g/mol. The molecule has 0 saturated heterocycles. The van der Waals surface area contributed by atoms with Crippen LogP contribution in [-0.2, 0) is 13.0 Å². The van der Waals surface area contributed by atoms with Crippen molar-refractivity contribution in [3.05, 3.63) is 35.4 Å². The Morgan fingerprint density at radius 1 is 1.18 bits per heavy atom. The Morgan fingerprint density at radius 2 is 1.76 bits per heavy atom. The second kappa shape index (κ2) is 5.71. The molecule has 1 aromatic carbocycles. The standard InChI is InChI=1S/C14H22N2O/c1-5-11-8-6-7-9-12(11)10-15-13(17)16-14(2,3)4/h6-9H,5,10H2,1-4H3,(H2,15,16,17). The molecule has 1 rings (SSSR count). The molecule has 0 aromatic heterocycles. The van der Waals surface area contributed by atoms with Crippen LogP contribution in [0, 0.1) is 0 Å². The summed E-state index contributed by atoms with van der Waals surface area (Å²) in [5.41, 5.74) is 2.26. The summed E-state index contributed by atoms with van der Waals surface area (Å²) in [7, 11) is 0. The first-order valence-electron chi connectivity index (χ1n) is 6.05. The van der Waals surface area contributed by atoms with Crippen molar-refractivity contribution in [1.29, 1.82) is 0 Å². The van der Waals surface area contributed by atoms with Gasteiger partial charge in [0.05, 0.1) is 0 Å². The molecule has 17 heavy (non-hydrogen) atoms. The largest absolute Gasteiger partial charge is 0.334 e. The maximum atomic E-state index is 11.6. The minimum Gasteiger partial charge on any atom is -0.334 e. The van der Waals surface area contributed by atoms with Crippen molar-refractivity contribution >= 4 is 6.03 Å². The van der Waals surface area contributed by atoms with Crippen LogP contribution in [0.1, 0.15) is 38.8 Å². The van der Waals surface area contributed by atoms with E-state index in [0.29, 0.717) is 6.54 Å². The normalized spacial score (nSPS) is 11.1. The van der Waals surface area contributed by atoms with Gasteiger partial charge in [0, 0.05) is 12.1 Å². The van der Waals surface area contributed by atoms with Gasteiger partial charge in [-0.2, -0.15) is 0 Å². The van der Waals surface area contributed by atoms with Crippen LogP contribution in [0.15, 0.2) is 24.3 Å². The number of urea groups is 1. The molecule has 3 nitrogen and oxygen atoms in total. The van der Waals surface area contributed by atoms with E-state index >= 15 is 0 Å². The fourth-order valence-electron chi connectivity index (χ4n) is 1.64. The molecule has 0 spiro atoms. The predicted octanol–water partition coefficient (Wildman–Crippen LogP) is 2.85. The van der Waals surface area contributed by atoms with Gasteiger partial charge in [-0.1, -0.05) is 31.2 Å². The number of nitrogens with one attached hydrogen (secondary N) is 2. The smallest absolute Gasteiger partial charge is 0.315 e. The van der Waals surface area contributed by atoms with Gasteiger partial charge in [0.2, 0.25) is 0 Å². The Hall–Kier alpha value is -1.51. The lowest BCUT2D eigenvalue weighted by Crippen LogP contribution is -2.46. The van der Waals surface area contributed by atoms with Gasteiger partial charge in [-0.25, -0.2) is 4.79 Å². The van der Waals surface area contributed by atoms with Crippen molar-refractivity contribution in [3.8, 4) is 0 Å². The van der Waals surface area contributed by atoms with Crippen molar-refractivity contribution in [2.24, 2.45) is 0 Å². The van der Waals surface area contributed by atoms with Crippen LogP contribution in [-0.4, -0.2) is 11.6 Å². The summed E-state index contributed by atoms with van der Waals surface area (Å²) >= 11 is 0. The van der Waals surface area contributed by atoms with E-state index in [2.05, 4.69) is 29.7 Å². The lowest BCUT2D eigenvalue weighted by atomic mass is 10.1. The molecule has 2 amide bonds. The zero-order valence-electron chi connectivity index (χ0n) is 11.1. The molecule has 0 aliphatic rings. The molecule has 2 N–H and O–H groups in total. The predicted molar refractivity (Wildman–Crippen MR) is 70.9 cm³/mol. The third-order valence-electron chi connectivity index (χ3n) is 2.43. The van der Waals surface area contributed by atoms with Crippen LogP contribution in [0.3, 0.4) is 0 Å². The van der Waals surface area contributed by atoms with E-state index in [0.717, 1.165) is 6.42 Å². The average molecular weight is 234 g/mol. The lowest BCUT2D eigenvalue weighted by molar-refractivity contribution is 0.231. The van der Waals surface area contributed by atoms with E-state index in [1.807, 2.05) is 32.9 Å². The lowest BCUT2D eigenvalue weighted by Gasteiger charge is -2.21. The molecular weight excluding hydrogens is 212 g/mol. The fraction of sp³-hybridized carbons (Fsp3) is 0.500. The summed E-state index contributed by atoms with van der Waals surface area (Å²) in [5, 5.41) is 5.76. The first kappa shape index (κ1) is 13.6. The van der Waals surface area contributed by atoms with E-state index in [9.17, 15) is 4.79 Å². The summed E-state index contributed by atoms with van der Waals surface area (Å²) in [4.78, 5) is 11.6. The number of hydrogen-bond acceptors (Lipinski definition) is 1. The highest BCUT2D eigenvalue weighted by Crippen LogP contribution is 2.08. The number of carbonyl (C=O) groups excluding carboxylic acids is 1. The highest BCUT2D eigenvalue weighted by atomic mass is 16.2. The van der Waals surface area contributed by atoms with E-state index < -0.39 is 0 Å². The van der Waals surface area contributed by atoms with E-state index in [1.165, 1.54) is 11.1 Å². The molecule has 0 saturated carbocycles. The zero-order chi connectivity index (χ0) is 12.9. The van der Waals surface area contributed by atoms with Gasteiger partial charge in [-0.05, 0) is 38.3 Å². The minimum absolute atomic E-state index is 0.122. The molecule has 0 aliphatic carbocycles. The van der Waals surface area contributed by atoms with Crippen LogP contribution in [0.5, 0.6) is 0 Å². The van der Waals surface area contributed by atoms with Gasteiger partial charge >= 0.3 is 6.03 Å². The maximum absolute atomic E-state index is 11.6. The van der Waals surface area contributed by atoms with Gasteiger partial charge in [-0.15, -0.1) is 0 Å². The Kier molecular flexibility index (Phi) is 4.55.